The fourth-order valence-corrected chi connectivity index (χ4v) is 4.22. The Bertz CT molecular complexity index is 1080. The number of hydrogen-bond acceptors (Lipinski definition) is 7. The molecule has 1 heterocycles. The van der Waals surface area contributed by atoms with Gasteiger partial charge in [0.25, 0.3) is 0 Å². The minimum absolute atomic E-state index is 0.122. The Morgan fingerprint density at radius 2 is 1.91 bits per heavy atom. The highest BCUT2D eigenvalue weighted by molar-refractivity contribution is 7.99. The van der Waals surface area contributed by atoms with Gasteiger partial charge < -0.3 is 19.9 Å². The van der Waals surface area contributed by atoms with E-state index in [0.29, 0.717) is 29.2 Å². The number of aliphatic hydroxyl groups excluding tert-OH is 1. The fraction of sp³-hybridized carbons (Fsp3) is 0.375. The Kier molecular flexibility index (Phi) is 7.51. The average Bonchev–Trinajstić information content (AvgIpc) is 3.56. The minimum Gasteiger partial charge on any atom is -0.494 e. The molecule has 9 heteroatoms. The molecule has 0 bridgehead atoms. The lowest BCUT2D eigenvalue weighted by Crippen LogP contribution is -2.20. The van der Waals surface area contributed by atoms with Gasteiger partial charge in [-0.2, -0.15) is 0 Å². The summed E-state index contributed by atoms with van der Waals surface area (Å²) in [4.78, 5) is 11.5. The zero-order valence-corrected chi connectivity index (χ0v) is 19.5. The Hall–Kier alpha value is -3.04. The Labute approximate surface area is 197 Å². The summed E-state index contributed by atoms with van der Waals surface area (Å²) in [5, 5.41) is 22.8. The van der Waals surface area contributed by atoms with Crippen molar-refractivity contribution in [3.05, 3.63) is 54.4 Å². The van der Waals surface area contributed by atoms with Crippen molar-refractivity contribution in [2.75, 3.05) is 24.3 Å². The highest BCUT2D eigenvalue weighted by Gasteiger charge is 2.31. The molecule has 1 atom stereocenters. The third-order valence-electron chi connectivity index (χ3n) is 5.01. The summed E-state index contributed by atoms with van der Waals surface area (Å²) < 4.78 is 13.2. The van der Waals surface area contributed by atoms with E-state index in [1.807, 2.05) is 60.0 Å². The van der Waals surface area contributed by atoms with Gasteiger partial charge >= 0.3 is 0 Å². The molecule has 33 heavy (non-hydrogen) atoms. The predicted octanol–water partition coefficient (Wildman–Crippen LogP) is 4.03. The predicted molar refractivity (Wildman–Crippen MR) is 127 cm³/mol. The maximum atomic E-state index is 11.5. The standard InChI is InChI=1S/C24H28N4O4S/c1-3-31-21-9-11-22(12-10-21)32-14-20(30)15-33-24-27-26-23(17-7-8-17)28(24)19-6-4-5-18(13-19)25-16(2)29/h4-6,9-13,17,20,30H,3,7-8,14-15H2,1-2H3,(H,25,29). The monoisotopic (exact) mass is 468 g/mol. The van der Waals surface area contributed by atoms with Gasteiger partial charge in [0, 0.05) is 24.3 Å². The number of nitrogens with one attached hydrogen (secondary N) is 1. The second-order valence-corrected chi connectivity index (χ2v) is 8.85. The summed E-state index contributed by atoms with van der Waals surface area (Å²) in [6, 6.07) is 15.0. The molecule has 1 aliphatic rings. The van der Waals surface area contributed by atoms with E-state index in [-0.39, 0.29) is 12.5 Å². The molecule has 2 N–H and O–H groups in total. The molecular formula is C24H28N4O4S. The molecule has 3 aromatic rings. The van der Waals surface area contributed by atoms with Crippen LogP contribution in [0.5, 0.6) is 11.5 Å². The van der Waals surface area contributed by atoms with E-state index < -0.39 is 6.10 Å². The maximum absolute atomic E-state index is 11.5. The van der Waals surface area contributed by atoms with Gasteiger partial charge in [-0.1, -0.05) is 17.8 Å². The third kappa shape index (κ3) is 6.27. The molecule has 0 spiro atoms. The van der Waals surface area contributed by atoms with E-state index in [1.165, 1.54) is 18.7 Å². The van der Waals surface area contributed by atoms with Gasteiger partial charge in [0.2, 0.25) is 5.91 Å². The maximum Gasteiger partial charge on any atom is 0.221 e. The van der Waals surface area contributed by atoms with Crippen LogP contribution in [-0.2, 0) is 4.79 Å². The molecule has 1 aliphatic carbocycles. The van der Waals surface area contributed by atoms with Gasteiger partial charge in [0.1, 0.15) is 23.9 Å². The van der Waals surface area contributed by atoms with Crippen LogP contribution in [0.3, 0.4) is 0 Å². The number of anilines is 1. The summed E-state index contributed by atoms with van der Waals surface area (Å²) in [7, 11) is 0. The first kappa shape index (κ1) is 23.1. The molecule has 4 rings (SSSR count). The summed E-state index contributed by atoms with van der Waals surface area (Å²) in [6.07, 6.45) is 1.50. The normalized spacial score (nSPS) is 14.0. The molecule has 8 nitrogen and oxygen atoms in total. The lowest BCUT2D eigenvalue weighted by Gasteiger charge is -2.14. The fourth-order valence-electron chi connectivity index (χ4n) is 3.36. The first-order chi connectivity index (χ1) is 16.0. The number of aliphatic hydroxyl groups is 1. The third-order valence-corrected chi connectivity index (χ3v) is 6.08. The number of carbonyl (C=O) groups excluding carboxylic acids is 1. The van der Waals surface area contributed by atoms with E-state index in [2.05, 4.69) is 15.5 Å². The van der Waals surface area contributed by atoms with Crippen molar-refractivity contribution in [3.63, 3.8) is 0 Å². The van der Waals surface area contributed by atoms with Crippen LogP contribution in [0, 0.1) is 0 Å². The van der Waals surface area contributed by atoms with Gasteiger partial charge in [0.05, 0.1) is 18.4 Å². The smallest absolute Gasteiger partial charge is 0.221 e. The Morgan fingerprint density at radius 3 is 2.58 bits per heavy atom. The highest BCUT2D eigenvalue weighted by Crippen LogP contribution is 2.41. The van der Waals surface area contributed by atoms with E-state index >= 15 is 0 Å². The van der Waals surface area contributed by atoms with Crippen LogP contribution in [0.15, 0.2) is 53.7 Å². The minimum atomic E-state index is -0.679. The number of benzene rings is 2. The number of thioether (sulfide) groups is 1. The van der Waals surface area contributed by atoms with E-state index in [4.69, 9.17) is 9.47 Å². The number of nitrogens with zero attached hydrogens (tertiary/aromatic N) is 3. The first-order valence-corrected chi connectivity index (χ1v) is 12.0. The molecule has 1 amide bonds. The van der Waals surface area contributed by atoms with Crippen molar-refractivity contribution < 1.29 is 19.4 Å². The first-order valence-electron chi connectivity index (χ1n) is 11.0. The number of carbonyl (C=O) groups is 1. The Balaban J connectivity index is 1.40. The van der Waals surface area contributed by atoms with Gasteiger partial charge in [-0.05, 0) is 62.2 Å². The van der Waals surface area contributed by atoms with Crippen LogP contribution in [-0.4, -0.2) is 50.8 Å². The molecule has 2 aromatic carbocycles. The van der Waals surface area contributed by atoms with Crippen molar-refractivity contribution >= 4 is 23.4 Å². The zero-order valence-electron chi connectivity index (χ0n) is 18.7. The van der Waals surface area contributed by atoms with Gasteiger partial charge in [0.15, 0.2) is 5.16 Å². The van der Waals surface area contributed by atoms with E-state index in [1.54, 1.807) is 0 Å². The molecule has 1 saturated carbocycles. The number of amides is 1. The topological polar surface area (TPSA) is 98.5 Å². The van der Waals surface area contributed by atoms with Crippen molar-refractivity contribution in [2.45, 2.75) is 43.9 Å². The largest absolute Gasteiger partial charge is 0.494 e. The SMILES string of the molecule is CCOc1ccc(OCC(O)CSc2nnc(C3CC3)n2-c2cccc(NC(C)=O)c2)cc1. The second-order valence-electron chi connectivity index (χ2n) is 7.86. The van der Waals surface area contributed by atoms with Crippen molar-refractivity contribution in [1.29, 1.82) is 0 Å². The molecule has 0 aliphatic heterocycles. The lowest BCUT2D eigenvalue weighted by atomic mass is 10.2. The molecule has 0 saturated heterocycles. The van der Waals surface area contributed by atoms with Crippen LogP contribution in [0.4, 0.5) is 5.69 Å². The van der Waals surface area contributed by atoms with Crippen molar-refractivity contribution in [2.24, 2.45) is 0 Å². The molecule has 0 radical (unpaired) electrons. The molecule has 1 aromatic heterocycles. The Morgan fingerprint density at radius 1 is 1.18 bits per heavy atom. The number of aromatic nitrogens is 3. The number of ether oxygens (including phenoxy) is 2. The molecule has 1 fully saturated rings. The van der Waals surface area contributed by atoms with Crippen LogP contribution >= 0.6 is 11.8 Å². The van der Waals surface area contributed by atoms with Gasteiger partial charge in [-0.15, -0.1) is 10.2 Å². The number of rotatable bonds is 11. The van der Waals surface area contributed by atoms with Gasteiger partial charge in [-0.25, -0.2) is 0 Å². The van der Waals surface area contributed by atoms with Crippen LogP contribution in [0.2, 0.25) is 0 Å². The van der Waals surface area contributed by atoms with E-state index in [0.717, 1.165) is 35.8 Å². The summed E-state index contributed by atoms with van der Waals surface area (Å²) in [6.45, 7) is 4.20. The quantitative estimate of drug-likeness (QED) is 0.410. The lowest BCUT2D eigenvalue weighted by molar-refractivity contribution is -0.114. The van der Waals surface area contributed by atoms with Crippen molar-refractivity contribution in [3.8, 4) is 17.2 Å². The average molecular weight is 469 g/mol. The van der Waals surface area contributed by atoms with Crippen LogP contribution < -0.4 is 14.8 Å². The molecule has 174 valence electrons. The second kappa shape index (κ2) is 10.7. The molecule has 1 unspecified atom stereocenters. The summed E-state index contributed by atoms with van der Waals surface area (Å²) >= 11 is 1.43. The van der Waals surface area contributed by atoms with Crippen LogP contribution in [0.1, 0.15) is 38.4 Å². The highest BCUT2D eigenvalue weighted by atomic mass is 32.2. The van der Waals surface area contributed by atoms with Gasteiger partial charge in [-0.3, -0.25) is 9.36 Å². The van der Waals surface area contributed by atoms with E-state index in [9.17, 15) is 9.90 Å². The molecular weight excluding hydrogens is 440 g/mol. The number of hydrogen-bond donors (Lipinski definition) is 2. The summed E-state index contributed by atoms with van der Waals surface area (Å²) in [5.41, 5.74) is 1.60. The zero-order chi connectivity index (χ0) is 23.2. The van der Waals surface area contributed by atoms with Crippen molar-refractivity contribution in [1.82, 2.24) is 14.8 Å². The summed E-state index contributed by atoms with van der Waals surface area (Å²) in [5.74, 6) is 3.06. The van der Waals surface area contributed by atoms with Crippen LogP contribution in [0.25, 0.3) is 5.69 Å².